The van der Waals surface area contributed by atoms with Gasteiger partial charge in [0.2, 0.25) is 0 Å². The Morgan fingerprint density at radius 1 is 0.959 bits per heavy atom. The van der Waals surface area contributed by atoms with E-state index in [9.17, 15) is 14.7 Å². The maximum Gasteiger partial charge on any atom is 0.337 e. The van der Waals surface area contributed by atoms with Crippen LogP contribution in [0.5, 0.6) is 5.75 Å². The molecule has 5 aliphatic rings. The van der Waals surface area contributed by atoms with Gasteiger partial charge in [-0.1, -0.05) is 41.4 Å². The quantitative estimate of drug-likeness (QED) is 0.342. The summed E-state index contributed by atoms with van der Waals surface area (Å²) < 4.78 is 33.1. The summed E-state index contributed by atoms with van der Waals surface area (Å²) in [5.41, 5.74) is 2.87. The first-order valence-corrected chi connectivity index (χ1v) is 17.5. The Kier molecular flexibility index (Phi) is 8.60. The summed E-state index contributed by atoms with van der Waals surface area (Å²) in [7, 11) is 0. The van der Waals surface area contributed by atoms with Gasteiger partial charge in [-0.15, -0.1) is 0 Å². The van der Waals surface area contributed by atoms with Gasteiger partial charge in [-0.3, -0.25) is 9.69 Å². The number of rotatable bonds is 6. The summed E-state index contributed by atoms with van der Waals surface area (Å²) in [4.78, 5) is 34.4. The number of morpholine rings is 2. The zero-order chi connectivity index (χ0) is 34.0. The van der Waals surface area contributed by atoms with Crippen LogP contribution in [0.3, 0.4) is 0 Å². The normalized spacial score (nSPS) is 25.1. The van der Waals surface area contributed by atoms with Crippen LogP contribution in [-0.2, 0) is 16.0 Å². The summed E-state index contributed by atoms with van der Waals surface area (Å²) in [6, 6.07) is 12.4. The smallest absolute Gasteiger partial charge is 0.337 e. The van der Waals surface area contributed by atoms with E-state index in [1.807, 2.05) is 6.07 Å². The number of anilines is 2. The average Bonchev–Trinajstić information content (AvgIpc) is 3.33. The van der Waals surface area contributed by atoms with Crippen molar-refractivity contribution in [3.8, 4) is 16.9 Å². The second-order valence-electron chi connectivity index (χ2n) is 13.4. The van der Waals surface area contributed by atoms with E-state index < -0.39 is 11.8 Å². The number of hydrogen-bond acceptors (Lipinski definition) is 8. The molecule has 4 fully saturated rings. The van der Waals surface area contributed by atoms with E-state index in [0.717, 1.165) is 57.4 Å². The Morgan fingerprint density at radius 2 is 1.67 bits per heavy atom. The average molecular weight is 712 g/mol. The lowest BCUT2D eigenvalue weighted by Crippen LogP contribution is -2.67. The number of ether oxygens (including phenoxy) is 3. The number of halogens is 3. The Balaban J connectivity index is 1.03. The third-order valence-electron chi connectivity index (χ3n) is 10.8. The molecule has 3 aromatic carbocycles. The molecule has 0 aromatic heterocycles. The second-order valence-corrected chi connectivity index (χ2v) is 14.3. The molecule has 13 heteroatoms. The summed E-state index contributed by atoms with van der Waals surface area (Å²) >= 11 is 13.5. The fraction of sp³-hybridized carbons (Fsp3) is 0.444. The van der Waals surface area contributed by atoms with Crippen LogP contribution < -0.4 is 14.5 Å². The Morgan fingerprint density at radius 3 is 2.35 bits per heavy atom. The molecule has 1 N–H and O–H groups in total. The van der Waals surface area contributed by atoms with E-state index in [4.69, 9.17) is 37.4 Å². The van der Waals surface area contributed by atoms with Crippen LogP contribution in [0.25, 0.3) is 11.1 Å². The van der Waals surface area contributed by atoms with E-state index in [1.165, 1.54) is 4.90 Å². The van der Waals surface area contributed by atoms with Gasteiger partial charge in [-0.05, 0) is 44.0 Å². The van der Waals surface area contributed by atoms with Crippen LogP contribution >= 0.6 is 23.2 Å². The standard InChI is InChI=1S/C36H37Cl2FN4O6/c1-20-32(40-7-9-47-10-8-40)16-42(20)24-11-28(37)33(29(38)12-24)35(44)41-15-21-3-2-4-25(34(21)49-19-41)26-14-31(27(36(45)46)13-30(26)39)43-22-5-6-23(43)18-48-17-22/h2-4,11-14,20,22-23,32H,5-10,15-19H2,1H3,(H,45,46)/t20-,22?,23?,32?/m1/s1. The van der Waals surface area contributed by atoms with Crippen molar-refractivity contribution < 1.29 is 33.3 Å². The van der Waals surface area contributed by atoms with Crippen molar-refractivity contribution in [3.05, 3.63) is 75.0 Å². The lowest BCUT2D eigenvalue weighted by molar-refractivity contribution is 0.000470. The first-order chi connectivity index (χ1) is 23.7. The summed E-state index contributed by atoms with van der Waals surface area (Å²) in [6.07, 6.45) is 1.77. The third-order valence-corrected chi connectivity index (χ3v) is 11.3. The molecular weight excluding hydrogens is 674 g/mol. The Hall–Kier alpha value is -3.61. The fourth-order valence-electron chi connectivity index (χ4n) is 8.14. The number of carbonyl (C=O) groups is 2. The molecule has 5 heterocycles. The molecular formula is C36H37Cl2FN4O6. The first-order valence-electron chi connectivity index (χ1n) is 16.7. The van der Waals surface area contributed by atoms with Crippen LogP contribution in [0.1, 0.15) is 46.0 Å². The molecule has 10 nitrogen and oxygen atoms in total. The summed E-state index contributed by atoms with van der Waals surface area (Å²) in [6.45, 7) is 7.45. The molecule has 3 unspecified atom stereocenters. The van der Waals surface area contributed by atoms with Crippen molar-refractivity contribution in [3.63, 3.8) is 0 Å². The fourth-order valence-corrected chi connectivity index (χ4v) is 8.78. The molecule has 258 valence electrons. The van der Waals surface area contributed by atoms with E-state index >= 15 is 4.39 Å². The van der Waals surface area contributed by atoms with Crippen LogP contribution in [0, 0.1) is 5.82 Å². The summed E-state index contributed by atoms with van der Waals surface area (Å²) in [5, 5.41) is 10.5. The van der Waals surface area contributed by atoms with Gasteiger partial charge in [-0.25, -0.2) is 9.18 Å². The predicted molar refractivity (Wildman–Crippen MR) is 184 cm³/mol. The highest BCUT2D eigenvalue weighted by atomic mass is 35.5. The highest BCUT2D eigenvalue weighted by Gasteiger charge is 2.42. The van der Waals surface area contributed by atoms with Crippen molar-refractivity contribution in [2.75, 3.05) is 62.6 Å². The van der Waals surface area contributed by atoms with E-state index in [-0.39, 0.29) is 64.0 Å². The van der Waals surface area contributed by atoms with Gasteiger partial charge in [0.15, 0.2) is 6.73 Å². The number of carbonyl (C=O) groups excluding carboxylic acids is 1. The van der Waals surface area contributed by atoms with Crippen LogP contribution in [0.15, 0.2) is 42.5 Å². The first kappa shape index (κ1) is 32.6. The SMILES string of the molecule is C[C@@H]1C(N2CCOCC2)CN1c1cc(Cl)c(C(=O)N2COc3c(cccc3-c3cc(N4C5CCC4COC5)c(C(=O)O)cc3F)C2)c(Cl)c1. The molecule has 2 bridgehead atoms. The van der Waals surface area contributed by atoms with Crippen LogP contribution in [0.2, 0.25) is 10.0 Å². The maximum absolute atomic E-state index is 15.7. The molecule has 3 aromatic rings. The predicted octanol–water partition coefficient (Wildman–Crippen LogP) is 5.77. The minimum Gasteiger partial charge on any atom is -0.478 e. The van der Waals surface area contributed by atoms with Crippen LogP contribution in [0.4, 0.5) is 15.8 Å². The van der Waals surface area contributed by atoms with E-state index in [2.05, 4.69) is 21.6 Å². The number of benzene rings is 3. The Bertz CT molecular complexity index is 1780. The molecule has 0 aliphatic carbocycles. The number of para-hydroxylation sites is 1. The molecule has 0 radical (unpaired) electrons. The molecule has 1 amide bonds. The number of carboxylic acids is 1. The van der Waals surface area contributed by atoms with Gasteiger partial charge in [0.25, 0.3) is 5.91 Å². The van der Waals surface area contributed by atoms with E-state index in [1.54, 1.807) is 30.3 Å². The molecule has 4 saturated heterocycles. The van der Waals surface area contributed by atoms with Crippen molar-refractivity contribution in [1.82, 2.24) is 9.80 Å². The molecule has 0 spiro atoms. The van der Waals surface area contributed by atoms with Crippen molar-refractivity contribution in [2.45, 2.75) is 50.5 Å². The topological polar surface area (TPSA) is 95.0 Å². The molecule has 49 heavy (non-hydrogen) atoms. The van der Waals surface area contributed by atoms with Gasteiger partial charge in [0.1, 0.15) is 11.6 Å². The molecule has 4 atom stereocenters. The summed E-state index contributed by atoms with van der Waals surface area (Å²) in [5.74, 6) is -1.78. The van der Waals surface area contributed by atoms with Crippen molar-refractivity contribution in [2.24, 2.45) is 0 Å². The number of amides is 1. The highest BCUT2D eigenvalue weighted by molar-refractivity contribution is 6.40. The zero-order valence-corrected chi connectivity index (χ0v) is 28.6. The molecule has 5 aliphatic heterocycles. The number of aromatic carboxylic acids is 1. The van der Waals surface area contributed by atoms with Gasteiger partial charge in [0, 0.05) is 54.1 Å². The van der Waals surface area contributed by atoms with Gasteiger partial charge in [0.05, 0.1) is 71.9 Å². The molecule has 0 saturated carbocycles. The maximum atomic E-state index is 15.7. The molecule has 8 rings (SSSR count). The number of carboxylic acid groups (broad SMARTS) is 1. The number of fused-ring (bicyclic) bond motifs is 3. The van der Waals surface area contributed by atoms with Crippen LogP contribution in [-0.4, -0.2) is 104 Å². The van der Waals surface area contributed by atoms with Crippen molar-refractivity contribution >= 4 is 46.5 Å². The second kappa shape index (κ2) is 12.9. The van der Waals surface area contributed by atoms with E-state index in [0.29, 0.717) is 41.8 Å². The number of nitrogens with zero attached hydrogens (tertiary/aromatic N) is 4. The Labute approximate surface area is 293 Å². The zero-order valence-electron chi connectivity index (χ0n) is 27.0. The van der Waals surface area contributed by atoms with Gasteiger partial charge >= 0.3 is 5.97 Å². The monoisotopic (exact) mass is 710 g/mol. The van der Waals surface area contributed by atoms with Crippen molar-refractivity contribution in [1.29, 1.82) is 0 Å². The van der Waals surface area contributed by atoms with Gasteiger partial charge < -0.3 is 34.0 Å². The third kappa shape index (κ3) is 5.69. The van der Waals surface area contributed by atoms with Gasteiger partial charge in [-0.2, -0.15) is 0 Å². The largest absolute Gasteiger partial charge is 0.478 e. The lowest BCUT2D eigenvalue weighted by atomic mass is 9.94. The lowest BCUT2D eigenvalue weighted by Gasteiger charge is -2.53. The highest BCUT2D eigenvalue weighted by Crippen LogP contribution is 2.44. The minimum atomic E-state index is -1.19. The minimum absolute atomic E-state index is 0.0321. The number of hydrogen-bond donors (Lipinski definition) is 1.